The largest absolute Gasteiger partial charge is 0.488 e. The molecular weight excluding hydrogens is 532 g/mol. The van der Waals surface area contributed by atoms with Crippen LogP contribution in [0.5, 0.6) is 5.75 Å². The maximum Gasteiger partial charge on any atom is 0.419 e. The summed E-state index contributed by atoms with van der Waals surface area (Å²) in [5.74, 6) is -0.421. The van der Waals surface area contributed by atoms with Gasteiger partial charge in [0.05, 0.1) is 15.6 Å². The zero-order valence-corrected chi connectivity index (χ0v) is 20.8. The Balaban J connectivity index is 1.67. The van der Waals surface area contributed by atoms with Gasteiger partial charge in [-0.2, -0.15) is 13.2 Å². The van der Waals surface area contributed by atoms with Gasteiger partial charge < -0.3 is 9.64 Å². The summed E-state index contributed by atoms with van der Waals surface area (Å²) in [6.45, 7) is 1.18. The van der Waals surface area contributed by atoms with Crippen LogP contribution in [0.15, 0.2) is 52.7 Å². The fourth-order valence-corrected chi connectivity index (χ4v) is 6.74. The third-order valence-corrected chi connectivity index (χ3v) is 8.68. The molecule has 4 rings (SSSR count). The number of likely N-dealkylation sites (N-methyl/N-ethyl adjacent to an activating group) is 1. The fourth-order valence-electron chi connectivity index (χ4n) is 3.66. The Kier molecular flexibility index (Phi) is 7.08. The van der Waals surface area contributed by atoms with E-state index in [4.69, 9.17) is 27.9 Å². The molecule has 1 fully saturated rings. The Morgan fingerprint density at radius 2 is 1.82 bits per heavy atom. The average Bonchev–Trinajstić information content (AvgIpc) is 3.33. The number of anilines is 1. The van der Waals surface area contributed by atoms with Crippen LogP contribution in [0.2, 0.25) is 9.36 Å². The van der Waals surface area contributed by atoms with Gasteiger partial charge >= 0.3 is 6.18 Å². The third-order valence-electron chi connectivity index (χ3n) is 5.25. The number of nitrogens with zero attached hydrogens (tertiary/aromatic N) is 1. The lowest BCUT2D eigenvalue weighted by Gasteiger charge is -2.19. The molecule has 34 heavy (non-hydrogen) atoms. The van der Waals surface area contributed by atoms with E-state index in [9.17, 15) is 21.6 Å². The lowest BCUT2D eigenvalue weighted by atomic mass is 10.1. The second kappa shape index (κ2) is 9.58. The molecule has 1 aromatic heterocycles. The Bertz CT molecular complexity index is 1300. The molecule has 1 aliphatic rings. The number of nitrogens with one attached hydrogen (secondary N) is 1. The lowest BCUT2D eigenvalue weighted by molar-refractivity contribution is -0.139. The number of alkyl halides is 3. The van der Waals surface area contributed by atoms with Crippen molar-refractivity contribution in [3.63, 3.8) is 0 Å². The first kappa shape index (κ1) is 25.1. The van der Waals surface area contributed by atoms with E-state index in [0.717, 1.165) is 29.5 Å². The Morgan fingerprint density at radius 3 is 2.44 bits per heavy atom. The molecule has 0 spiro atoms. The fraction of sp³-hybridized carbons (Fsp3) is 0.273. The van der Waals surface area contributed by atoms with Gasteiger partial charge in [0.25, 0.3) is 10.0 Å². The van der Waals surface area contributed by atoms with Crippen molar-refractivity contribution in [3.8, 4) is 16.9 Å². The molecule has 1 aliphatic heterocycles. The summed E-state index contributed by atoms with van der Waals surface area (Å²) < 4.78 is 75.2. The van der Waals surface area contributed by atoms with Gasteiger partial charge in [0.1, 0.15) is 16.1 Å². The smallest absolute Gasteiger partial charge is 0.419 e. The van der Waals surface area contributed by atoms with Gasteiger partial charge in [-0.3, -0.25) is 4.72 Å². The van der Waals surface area contributed by atoms with Crippen LogP contribution in [0.1, 0.15) is 12.0 Å². The van der Waals surface area contributed by atoms with E-state index in [-0.39, 0.29) is 14.2 Å². The molecule has 0 aliphatic carbocycles. The molecule has 1 N–H and O–H groups in total. The predicted molar refractivity (Wildman–Crippen MR) is 129 cm³/mol. The van der Waals surface area contributed by atoms with Crippen molar-refractivity contribution in [3.05, 3.63) is 63.5 Å². The summed E-state index contributed by atoms with van der Waals surface area (Å²) >= 11 is 12.9. The highest BCUT2D eigenvalue weighted by molar-refractivity contribution is 7.94. The van der Waals surface area contributed by atoms with E-state index in [1.807, 2.05) is 11.9 Å². The van der Waals surface area contributed by atoms with E-state index >= 15 is 0 Å². The molecule has 12 heteroatoms. The quantitative estimate of drug-likeness (QED) is 0.374. The van der Waals surface area contributed by atoms with Crippen molar-refractivity contribution in [2.75, 3.05) is 24.9 Å². The van der Waals surface area contributed by atoms with Gasteiger partial charge in [-0.25, -0.2) is 8.42 Å². The zero-order valence-electron chi connectivity index (χ0n) is 17.7. The van der Waals surface area contributed by atoms with Gasteiger partial charge in [-0.05, 0) is 49.4 Å². The van der Waals surface area contributed by atoms with Gasteiger partial charge in [-0.15, -0.1) is 11.3 Å². The Hall–Kier alpha value is -1.98. The van der Waals surface area contributed by atoms with Crippen molar-refractivity contribution in [1.29, 1.82) is 0 Å². The SMILES string of the molecule is CN1CCC(Oc2cc(NS(=O)(=O)c3sc(Cl)cc3-c3ccc(Cl)cc3)ccc2C(F)(F)F)C1. The van der Waals surface area contributed by atoms with Crippen LogP contribution in [0.4, 0.5) is 18.9 Å². The highest BCUT2D eigenvalue weighted by Crippen LogP contribution is 2.41. The summed E-state index contributed by atoms with van der Waals surface area (Å²) in [6, 6.07) is 11.0. The molecule has 2 aromatic carbocycles. The lowest BCUT2D eigenvalue weighted by Crippen LogP contribution is -2.23. The van der Waals surface area contributed by atoms with Crippen LogP contribution in [-0.4, -0.2) is 39.6 Å². The molecule has 0 amide bonds. The van der Waals surface area contributed by atoms with Gasteiger partial charge in [0, 0.05) is 29.7 Å². The number of halogens is 5. The minimum atomic E-state index is -4.65. The van der Waals surface area contributed by atoms with Crippen LogP contribution in [0.25, 0.3) is 11.1 Å². The number of likely N-dealkylation sites (tertiary alicyclic amines) is 1. The van der Waals surface area contributed by atoms with E-state index in [1.54, 1.807) is 24.3 Å². The standard InChI is InChI=1S/C22H19Cl2F3N2O3S2/c1-29-9-8-16(12-29)32-19-10-15(6-7-18(19)22(25,26)27)28-34(30,31)21-17(11-20(24)33-21)13-2-4-14(23)5-3-13/h2-7,10-11,16,28H,8-9,12H2,1H3. The van der Waals surface area contributed by atoms with Crippen LogP contribution in [-0.2, 0) is 16.2 Å². The molecule has 1 saturated heterocycles. The first-order valence-electron chi connectivity index (χ1n) is 10.1. The van der Waals surface area contributed by atoms with Crippen molar-refractivity contribution in [2.24, 2.45) is 0 Å². The van der Waals surface area contributed by atoms with Gasteiger partial charge in [0.15, 0.2) is 0 Å². The van der Waals surface area contributed by atoms with E-state index < -0.39 is 33.6 Å². The number of ether oxygens (including phenoxy) is 1. The van der Waals surface area contributed by atoms with Crippen LogP contribution in [0.3, 0.4) is 0 Å². The molecular formula is C22H19Cl2F3N2O3S2. The molecule has 0 saturated carbocycles. The van der Waals surface area contributed by atoms with E-state index in [2.05, 4.69) is 4.72 Å². The summed E-state index contributed by atoms with van der Waals surface area (Å²) in [7, 11) is -2.33. The number of rotatable bonds is 6. The topological polar surface area (TPSA) is 58.6 Å². The average molecular weight is 551 g/mol. The number of thiophene rings is 1. The van der Waals surface area contributed by atoms with Crippen LogP contribution in [0, 0.1) is 0 Å². The molecule has 3 aromatic rings. The monoisotopic (exact) mass is 550 g/mol. The summed E-state index contributed by atoms with van der Waals surface area (Å²) in [4.78, 5) is 1.95. The summed E-state index contributed by atoms with van der Waals surface area (Å²) in [5.41, 5.74) is -0.0850. The molecule has 2 heterocycles. The highest BCUT2D eigenvalue weighted by atomic mass is 35.5. The van der Waals surface area contributed by atoms with Crippen LogP contribution >= 0.6 is 34.5 Å². The number of sulfonamides is 1. The first-order valence-corrected chi connectivity index (χ1v) is 13.1. The maximum absolute atomic E-state index is 13.6. The number of hydrogen-bond donors (Lipinski definition) is 1. The summed E-state index contributed by atoms with van der Waals surface area (Å²) in [6.07, 6.45) is -4.51. The molecule has 0 radical (unpaired) electrons. The number of hydrogen-bond acceptors (Lipinski definition) is 5. The number of benzene rings is 2. The molecule has 1 atom stereocenters. The third kappa shape index (κ3) is 5.63. The molecule has 0 bridgehead atoms. The highest BCUT2D eigenvalue weighted by Gasteiger charge is 2.36. The van der Waals surface area contributed by atoms with Crippen molar-refractivity contribution < 1.29 is 26.3 Å². The second-order valence-electron chi connectivity index (χ2n) is 7.86. The maximum atomic E-state index is 13.6. The minimum absolute atomic E-state index is 0.0547. The van der Waals surface area contributed by atoms with Gasteiger partial charge in [-0.1, -0.05) is 35.3 Å². The van der Waals surface area contributed by atoms with E-state index in [0.29, 0.717) is 35.7 Å². The predicted octanol–water partition coefficient (Wildman–Crippen LogP) is 6.62. The Labute approximate surface area is 209 Å². The van der Waals surface area contributed by atoms with Crippen molar-refractivity contribution in [1.82, 2.24) is 4.90 Å². The van der Waals surface area contributed by atoms with Gasteiger partial charge in [0.2, 0.25) is 0 Å². The first-order chi connectivity index (χ1) is 15.9. The molecule has 182 valence electrons. The molecule has 5 nitrogen and oxygen atoms in total. The Morgan fingerprint density at radius 1 is 1.12 bits per heavy atom. The second-order valence-corrected chi connectivity index (χ2v) is 11.9. The zero-order chi connectivity index (χ0) is 24.7. The summed E-state index contributed by atoms with van der Waals surface area (Å²) in [5, 5.41) is 0.485. The van der Waals surface area contributed by atoms with Crippen LogP contribution < -0.4 is 9.46 Å². The minimum Gasteiger partial charge on any atom is -0.488 e. The normalized spacial score (nSPS) is 17.2. The molecule has 1 unspecified atom stereocenters. The van der Waals surface area contributed by atoms with E-state index in [1.165, 1.54) is 6.07 Å². The van der Waals surface area contributed by atoms with Crippen molar-refractivity contribution in [2.45, 2.75) is 22.9 Å². The van der Waals surface area contributed by atoms with Crippen molar-refractivity contribution >= 4 is 50.2 Å².